The first-order chi connectivity index (χ1) is 69.9. The van der Waals surface area contributed by atoms with Gasteiger partial charge in [0.05, 0.1) is 0 Å². The third-order valence-electron chi connectivity index (χ3n) is 28.1. The second-order valence-electron chi connectivity index (χ2n) is 36.1. The van der Waals surface area contributed by atoms with E-state index in [2.05, 4.69) is 508 Å². The molecule has 8 nitrogen and oxygen atoms in total. The summed E-state index contributed by atoms with van der Waals surface area (Å²) in [7, 11) is 0. The maximum absolute atomic E-state index is 6.39. The average Bonchev–Trinajstić information content (AvgIpc) is 1.57. The molecule has 30 rings (SSSR count). The number of hydrogen-bond donors (Lipinski definition) is 0. The zero-order chi connectivity index (χ0) is 92.7. The van der Waals surface area contributed by atoms with Gasteiger partial charge in [-0.1, -0.05) is 60.7 Å². The van der Waals surface area contributed by atoms with Crippen molar-refractivity contribution in [2.45, 2.75) is 0 Å². The van der Waals surface area contributed by atoms with Crippen LogP contribution in [0.5, 0.6) is 0 Å². The van der Waals surface area contributed by atoms with E-state index in [1.165, 1.54) is 151 Å². The monoisotopic (exact) mass is 2000 g/mol. The Labute approximate surface area is 828 Å². The number of fused-ring (bicyclic) bond motifs is 25. The average molecular weight is 2000 g/mol. The van der Waals surface area contributed by atoms with Crippen molar-refractivity contribution in [3.63, 3.8) is 0 Å². The van der Waals surface area contributed by atoms with Crippen LogP contribution in [0.15, 0.2) is 506 Å². The SMILES string of the molecule is c1ccc(-n2c3ccccc3c3cc(N(c4ccc5[se]c6ccccc6c5c4)c4cccc5oc6ccccc6c45)ccc32)cc1.c1ccc(-n2c3ccccc3c3cc(N(c4ccc5[se]c6ccccc6c5c4)c4ccccc4-c4ccc5ccccc5c4)ccc32)cc1.c1ccc(-n2c3ccccc3c3cc(N(c4ccc5oc6ccccc6c5c4)c4ccc5[se]c6ccccc6c5c4)ccc32)cc1. The molecule has 0 unspecified atom stereocenters. The van der Waals surface area contributed by atoms with Crippen LogP contribution in [0.3, 0.4) is 0 Å². The summed E-state index contributed by atoms with van der Waals surface area (Å²) >= 11 is 0.951. The topological polar surface area (TPSA) is 50.8 Å². The van der Waals surface area contributed by atoms with Crippen molar-refractivity contribution in [1.29, 1.82) is 0 Å². The molecule has 0 bridgehead atoms. The first-order valence-corrected chi connectivity index (χ1v) is 52.9. The van der Waals surface area contributed by atoms with Crippen molar-refractivity contribution in [1.82, 2.24) is 13.7 Å². The van der Waals surface area contributed by atoms with E-state index in [9.17, 15) is 0 Å². The normalized spacial score (nSPS) is 11.8. The molecule has 141 heavy (non-hydrogen) atoms. The van der Waals surface area contributed by atoms with E-state index in [1.807, 2.05) is 18.2 Å². The Hall–Kier alpha value is -16.9. The number of anilines is 9. The molecule has 0 saturated carbocycles. The molecule has 0 atom stereocenters. The summed E-state index contributed by atoms with van der Waals surface area (Å²) in [5.74, 6) is 0. The van der Waals surface area contributed by atoms with E-state index in [0.717, 1.165) is 106 Å². The van der Waals surface area contributed by atoms with Crippen LogP contribution in [0.4, 0.5) is 51.2 Å². The number of furan rings is 2. The summed E-state index contributed by atoms with van der Waals surface area (Å²) in [5.41, 5.74) is 26.8. The van der Waals surface area contributed by atoms with Crippen molar-refractivity contribution >= 4 is 273 Å². The van der Waals surface area contributed by atoms with E-state index in [-0.39, 0.29) is 0 Å². The van der Waals surface area contributed by atoms with Crippen LogP contribution in [-0.2, 0) is 0 Å². The molecule has 11 heteroatoms. The molecule has 0 aliphatic rings. The van der Waals surface area contributed by atoms with Gasteiger partial charge in [0, 0.05) is 0 Å². The summed E-state index contributed by atoms with van der Waals surface area (Å²) < 4.78 is 28.4. The fraction of sp³-hybridized carbons (Fsp3) is 0. The molecule has 8 aromatic heterocycles. The van der Waals surface area contributed by atoms with Gasteiger partial charge in [0.25, 0.3) is 0 Å². The van der Waals surface area contributed by atoms with Crippen LogP contribution in [0, 0.1) is 0 Å². The molecule has 662 valence electrons. The van der Waals surface area contributed by atoms with Gasteiger partial charge in [-0.2, -0.15) is 0 Å². The Morgan fingerprint density at radius 3 is 0.965 bits per heavy atom. The number of rotatable bonds is 13. The van der Waals surface area contributed by atoms with Gasteiger partial charge in [0.2, 0.25) is 0 Å². The van der Waals surface area contributed by atoms with E-state index >= 15 is 0 Å². The van der Waals surface area contributed by atoms with Crippen molar-refractivity contribution in [3.8, 4) is 28.2 Å². The molecule has 0 fully saturated rings. The number of benzene rings is 22. The Kier molecular flexibility index (Phi) is 19.9. The van der Waals surface area contributed by atoms with E-state index < -0.39 is 0 Å². The molecule has 0 aliphatic heterocycles. The minimum Gasteiger partial charge on any atom is -0.0602 e. The molecule has 8 heterocycles. The maximum atomic E-state index is 6.39. The van der Waals surface area contributed by atoms with Crippen molar-refractivity contribution in [3.05, 3.63) is 497 Å². The van der Waals surface area contributed by atoms with Crippen molar-refractivity contribution in [2.24, 2.45) is 0 Å². The molecular formula is C130H82N6O2Se3. The van der Waals surface area contributed by atoms with Gasteiger partial charge >= 0.3 is 775 Å². The van der Waals surface area contributed by atoms with Crippen LogP contribution >= 0.6 is 0 Å². The Morgan fingerprint density at radius 2 is 0.482 bits per heavy atom. The third-order valence-corrected chi connectivity index (χ3v) is 35.3. The minimum atomic E-state index is 0.314. The van der Waals surface area contributed by atoms with Crippen molar-refractivity contribution < 1.29 is 8.83 Å². The first kappa shape index (κ1) is 82.3. The number of nitrogens with zero attached hydrogens (tertiary/aromatic N) is 6. The Morgan fingerprint density at radius 1 is 0.170 bits per heavy atom. The third kappa shape index (κ3) is 14.0. The number of para-hydroxylation sites is 9. The zero-order valence-corrected chi connectivity index (χ0v) is 81.2. The summed E-state index contributed by atoms with van der Waals surface area (Å²) in [6.45, 7) is 0. The fourth-order valence-corrected chi connectivity index (χ4v) is 28.6. The standard InChI is InChI=1S/C46H30N2Se.2C42H26N2OSe/c1-2-14-34(15-3-1)48-43-20-10-7-17-38(43)40-29-35(24-26-44(40)48)47(36-25-27-46-41(30-36)39-18-8-11-21-45(39)49-46)42-19-9-6-16-37(42)33-23-22-31-12-4-5-13-32(31)28-33;1-2-11-27(12-3-1)44-35-16-7-4-13-30(35)33-25-28(21-23-36(33)44)43(29-22-24-41-34(26-29)31-14-6-9-20-40(31)46-41)37-17-10-19-39-42(37)32-15-5-8-18-38(32)45-39;1-2-10-27(11-3-1)44-37-15-7-4-12-31(37)34-24-28(18-21-38(34)44)43(29-19-22-40-35(25-29)32-13-5-8-16-39(32)45-40)30-20-23-42-36(26-30)33-14-6-9-17-41(33)46-42/h1-30H;2*1-26H. The molecule has 22 aromatic carbocycles. The van der Waals surface area contributed by atoms with Crippen LogP contribution in [0.2, 0.25) is 0 Å². The second-order valence-corrected chi connectivity index (χ2v) is 42.9. The fourth-order valence-electron chi connectivity index (χ4n) is 21.8. The van der Waals surface area contributed by atoms with Gasteiger partial charge in [-0.3, -0.25) is 0 Å². The number of aromatic nitrogens is 3. The molecule has 30 aromatic rings. The van der Waals surface area contributed by atoms with E-state index in [4.69, 9.17) is 8.83 Å². The smallest absolute Gasteiger partial charge is 0.0602 e. The van der Waals surface area contributed by atoms with Gasteiger partial charge in [-0.25, -0.2) is 0 Å². The van der Waals surface area contributed by atoms with Crippen LogP contribution in [0.1, 0.15) is 0 Å². The van der Waals surface area contributed by atoms with Gasteiger partial charge in [0.15, 0.2) is 0 Å². The zero-order valence-electron chi connectivity index (χ0n) is 76.1. The summed E-state index contributed by atoms with van der Waals surface area (Å²) in [4.78, 5) is 7.29. The second kappa shape index (κ2) is 34.0. The van der Waals surface area contributed by atoms with Crippen LogP contribution in [0.25, 0.3) is 206 Å². The van der Waals surface area contributed by atoms with Gasteiger partial charge in [-0.05, 0) is 0 Å². The molecule has 0 aliphatic carbocycles. The van der Waals surface area contributed by atoms with Gasteiger partial charge in [-0.15, -0.1) is 0 Å². The molecule has 0 N–H and O–H groups in total. The quantitative estimate of drug-likeness (QED) is 0.108. The van der Waals surface area contributed by atoms with Crippen LogP contribution in [-0.4, -0.2) is 57.2 Å². The number of hydrogen-bond acceptors (Lipinski definition) is 5. The molecule has 0 saturated heterocycles. The molecule has 0 spiro atoms. The van der Waals surface area contributed by atoms with E-state index in [1.54, 1.807) is 0 Å². The van der Waals surface area contributed by atoms with Gasteiger partial charge < -0.3 is 0 Å². The minimum absolute atomic E-state index is 0.314. The van der Waals surface area contributed by atoms with Crippen molar-refractivity contribution in [2.75, 3.05) is 14.7 Å². The summed E-state index contributed by atoms with van der Waals surface area (Å²) in [6.07, 6.45) is 0. The van der Waals surface area contributed by atoms with E-state index in [0.29, 0.717) is 43.5 Å². The predicted molar refractivity (Wildman–Crippen MR) is 600 cm³/mol. The molecule has 0 amide bonds. The Bertz CT molecular complexity index is 10100. The summed E-state index contributed by atoms with van der Waals surface area (Å²) in [5, 5.41) is 22.5. The van der Waals surface area contributed by atoms with Crippen LogP contribution < -0.4 is 14.7 Å². The molecular weight excluding hydrogens is 1910 g/mol. The predicted octanol–water partition coefficient (Wildman–Crippen LogP) is 35.5. The first-order valence-electron chi connectivity index (χ1n) is 47.7. The Balaban J connectivity index is 0.000000104. The summed E-state index contributed by atoms with van der Waals surface area (Å²) in [6, 6.07) is 181. The molecule has 0 radical (unpaired) electrons. The van der Waals surface area contributed by atoms with Gasteiger partial charge in [0.1, 0.15) is 0 Å².